The molecular weight excluding hydrogens is 464 g/mol. The summed E-state index contributed by atoms with van der Waals surface area (Å²) in [6, 6.07) is 18.3. The first-order valence-corrected chi connectivity index (χ1v) is 10.7. The van der Waals surface area contributed by atoms with E-state index < -0.39 is 5.91 Å². The molecule has 0 aliphatic heterocycles. The summed E-state index contributed by atoms with van der Waals surface area (Å²) in [6.07, 6.45) is 0. The van der Waals surface area contributed by atoms with Crippen LogP contribution in [0, 0.1) is 5.82 Å². The Morgan fingerprint density at radius 3 is 2.36 bits per heavy atom. The van der Waals surface area contributed by atoms with Gasteiger partial charge in [0.25, 0.3) is 5.91 Å². The number of nitrogen functional groups attached to an aromatic ring is 1. The minimum atomic E-state index is -0.426. The smallest absolute Gasteiger partial charge is 0.257 e. The number of rotatable bonds is 4. The number of aromatic nitrogens is 3. The van der Waals surface area contributed by atoms with E-state index in [4.69, 9.17) is 33.9 Å². The quantitative estimate of drug-likeness (QED) is 0.354. The number of nitrogens with two attached hydrogens (primary N) is 1. The SMILES string of the molecule is Nc1c(C(=O)NCc2ccc(F)cc2)c2nc3ccccc3nc2n1-c1ccc(Cl)c(Cl)c1. The van der Waals surface area contributed by atoms with Gasteiger partial charge in [-0.15, -0.1) is 0 Å². The van der Waals surface area contributed by atoms with Crippen molar-refractivity contribution in [3.05, 3.63) is 93.7 Å². The second-order valence-electron chi connectivity index (χ2n) is 7.39. The lowest BCUT2D eigenvalue weighted by atomic mass is 10.2. The summed E-state index contributed by atoms with van der Waals surface area (Å²) in [7, 11) is 0. The first kappa shape index (κ1) is 21.2. The van der Waals surface area contributed by atoms with E-state index in [0.29, 0.717) is 37.9 Å². The monoisotopic (exact) mass is 479 g/mol. The number of nitrogens with zero attached hydrogens (tertiary/aromatic N) is 3. The number of para-hydroxylation sites is 2. The Hall–Kier alpha value is -3.68. The Labute approximate surface area is 197 Å². The van der Waals surface area contributed by atoms with Crippen LogP contribution in [0.2, 0.25) is 10.0 Å². The lowest BCUT2D eigenvalue weighted by Crippen LogP contribution is -2.24. The lowest BCUT2D eigenvalue weighted by Gasteiger charge is -2.09. The largest absolute Gasteiger partial charge is 0.384 e. The second kappa shape index (κ2) is 8.35. The van der Waals surface area contributed by atoms with Crippen molar-refractivity contribution in [1.82, 2.24) is 19.9 Å². The first-order valence-electron chi connectivity index (χ1n) is 9.97. The topological polar surface area (TPSA) is 85.8 Å². The molecule has 5 aromatic rings. The molecule has 2 aromatic heterocycles. The van der Waals surface area contributed by atoms with Crippen molar-refractivity contribution in [1.29, 1.82) is 0 Å². The average molecular weight is 480 g/mol. The Morgan fingerprint density at radius 2 is 1.67 bits per heavy atom. The van der Waals surface area contributed by atoms with Crippen molar-refractivity contribution in [2.24, 2.45) is 0 Å². The van der Waals surface area contributed by atoms with Crippen LogP contribution in [-0.2, 0) is 6.54 Å². The van der Waals surface area contributed by atoms with Gasteiger partial charge >= 0.3 is 0 Å². The lowest BCUT2D eigenvalue weighted by molar-refractivity contribution is 0.0953. The Morgan fingerprint density at radius 1 is 0.970 bits per heavy atom. The molecule has 0 aliphatic rings. The molecule has 0 fully saturated rings. The zero-order chi connectivity index (χ0) is 23.1. The molecule has 5 rings (SSSR count). The predicted molar refractivity (Wildman–Crippen MR) is 128 cm³/mol. The minimum absolute atomic E-state index is 0.162. The van der Waals surface area contributed by atoms with E-state index in [9.17, 15) is 9.18 Å². The molecule has 0 unspecified atom stereocenters. The molecule has 0 radical (unpaired) electrons. The molecule has 0 saturated carbocycles. The van der Waals surface area contributed by atoms with Gasteiger partial charge in [-0.2, -0.15) is 0 Å². The van der Waals surface area contributed by atoms with Gasteiger partial charge in [-0.05, 0) is 48.0 Å². The molecule has 3 aromatic carbocycles. The predicted octanol–water partition coefficient (Wildman–Crippen LogP) is 5.53. The molecule has 0 saturated heterocycles. The molecule has 0 atom stereocenters. The number of anilines is 1. The van der Waals surface area contributed by atoms with Crippen LogP contribution in [0.3, 0.4) is 0 Å². The van der Waals surface area contributed by atoms with Gasteiger partial charge in [0.1, 0.15) is 22.7 Å². The van der Waals surface area contributed by atoms with Gasteiger partial charge in [-0.1, -0.05) is 47.5 Å². The number of fused-ring (bicyclic) bond motifs is 2. The van der Waals surface area contributed by atoms with Gasteiger partial charge in [-0.25, -0.2) is 14.4 Å². The highest BCUT2D eigenvalue weighted by Gasteiger charge is 2.25. The molecule has 0 aliphatic carbocycles. The van der Waals surface area contributed by atoms with E-state index in [2.05, 4.69) is 10.3 Å². The van der Waals surface area contributed by atoms with Crippen molar-refractivity contribution in [3.8, 4) is 5.69 Å². The fourth-order valence-electron chi connectivity index (χ4n) is 3.64. The minimum Gasteiger partial charge on any atom is -0.384 e. The maximum absolute atomic E-state index is 13.2. The molecule has 0 spiro atoms. The normalized spacial score (nSPS) is 11.2. The zero-order valence-corrected chi connectivity index (χ0v) is 18.5. The van der Waals surface area contributed by atoms with E-state index in [-0.39, 0.29) is 23.7 Å². The summed E-state index contributed by atoms with van der Waals surface area (Å²) in [5.74, 6) is -0.610. The van der Waals surface area contributed by atoms with Gasteiger partial charge in [0.05, 0.1) is 26.8 Å². The molecular formula is C24H16Cl2FN5O. The first-order chi connectivity index (χ1) is 15.9. The molecule has 6 nitrogen and oxygen atoms in total. The van der Waals surface area contributed by atoms with Crippen LogP contribution >= 0.6 is 23.2 Å². The van der Waals surface area contributed by atoms with Crippen LogP contribution in [-0.4, -0.2) is 20.4 Å². The summed E-state index contributed by atoms with van der Waals surface area (Å²) in [5.41, 5.74) is 10.1. The summed E-state index contributed by atoms with van der Waals surface area (Å²) >= 11 is 12.3. The van der Waals surface area contributed by atoms with Crippen LogP contribution in [0.15, 0.2) is 66.7 Å². The number of carbonyl (C=O) groups is 1. The van der Waals surface area contributed by atoms with E-state index in [1.165, 1.54) is 12.1 Å². The van der Waals surface area contributed by atoms with Crippen LogP contribution in [0.25, 0.3) is 27.9 Å². The second-order valence-corrected chi connectivity index (χ2v) is 8.20. The molecule has 3 N–H and O–H groups in total. The van der Waals surface area contributed by atoms with Crippen molar-refractivity contribution >= 4 is 57.1 Å². The van der Waals surface area contributed by atoms with Gasteiger partial charge in [0, 0.05) is 6.54 Å². The van der Waals surface area contributed by atoms with Crippen LogP contribution in [0.5, 0.6) is 0 Å². The van der Waals surface area contributed by atoms with E-state index >= 15 is 0 Å². The third kappa shape index (κ3) is 3.86. The highest BCUT2D eigenvalue weighted by atomic mass is 35.5. The van der Waals surface area contributed by atoms with Crippen LogP contribution < -0.4 is 11.1 Å². The number of benzene rings is 3. The number of carbonyl (C=O) groups excluding carboxylic acids is 1. The van der Waals surface area contributed by atoms with Gasteiger partial charge in [-0.3, -0.25) is 9.36 Å². The number of hydrogen-bond acceptors (Lipinski definition) is 4. The maximum Gasteiger partial charge on any atom is 0.257 e. The molecule has 2 heterocycles. The third-order valence-electron chi connectivity index (χ3n) is 5.25. The molecule has 164 valence electrons. The number of nitrogens with one attached hydrogen (secondary N) is 1. The Balaban J connectivity index is 1.66. The summed E-state index contributed by atoms with van der Waals surface area (Å²) in [6.45, 7) is 0.193. The summed E-state index contributed by atoms with van der Waals surface area (Å²) in [4.78, 5) is 22.6. The zero-order valence-electron chi connectivity index (χ0n) is 17.0. The van der Waals surface area contributed by atoms with Crippen molar-refractivity contribution in [2.45, 2.75) is 6.54 Å². The maximum atomic E-state index is 13.2. The fraction of sp³-hybridized carbons (Fsp3) is 0.0417. The van der Waals surface area contributed by atoms with Gasteiger partial charge in [0.15, 0.2) is 5.65 Å². The van der Waals surface area contributed by atoms with E-state index in [1.807, 2.05) is 24.3 Å². The number of hydrogen-bond donors (Lipinski definition) is 2. The Kier molecular flexibility index (Phi) is 5.36. The Bertz CT molecular complexity index is 1530. The number of halogens is 3. The van der Waals surface area contributed by atoms with Gasteiger partial charge in [0.2, 0.25) is 0 Å². The summed E-state index contributed by atoms with van der Waals surface area (Å²) < 4.78 is 14.8. The van der Waals surface area contributed by atoms with Crippen LogP contribution in [0.4, 0.5) is 10.2 Å². The fourth-order valence-corrected chi connectivity index (χ4v) is 3.94. The highest BCUT2D eigenvalue weighted by molar-refractivity contribution is 6.42. The molecule has 1 amide bonds. The van der Waals surface area contributed by atoms with Crippen molar-refractivity contribution < 1.29 is 9.18 Å². The number of amides is 1. The van der Waals surface area contributed by atoms with Crippen molar-refractivity contribution in [3.63, 3.8) is 0 Å². The van der Waals surface area contributed by atoms with Crippen molar-refractivity contribution in [2.75, 3.05) is 5.73 Å². The molecule has 9 heteroatoms. The van der Waals surface area contributed by atoms with E-state index in [0.717, 1.165) is 5.56 Å². The third-order valence-corrected chi connectivity index (χ3v) is 5.99. The molecule has 0 bridgehead atoms. The van der Waals surface area contributed by atoms with E-state index in [1.54, 1.807) is 34.9 Å². The van der Waals surface area contributed by atoms with Gasteiger partial charge < -0.3 is 11.1 Å². The van der Waals surface area contributed by atoms with Crippen LogP contribution in [0.1, 0.15) is 15.9 Å². The highest BCUT2D eigenvalue weighted by Crippen LogP contribution is 2.33. The standard InChI is InChI=1S/C24H16Cl2FN5O/c25-16-10-9-15(11-17(16)26)32-22(28)20(24(33)29-12-13-5-7-14(27)8-6-13)21-23(32)31-19-4-2-1-3-18(19)30-21/h1-11H,12,28H2,(H,29,33). The molecule has 33 heavy (non-hydrogen) atoms. The summed E-state index contributed by atoms with van der Waals surface area (Å²) in [5, 5.41) is 3.56. The average Bonchev–Trinajstić information content (AvgIpc) is 3.09.